The van der Waals surface area contributed by atoms with Gasteiger partial charge < -0.3 is 25.4 Å². The lowest BCUT2D eigenvalue weighted by atomic mass is 10.1. The number of hydrogen-bond donors (Lipinski definition) is 3. The number of amides is 3. The lowest BCUT2D eigenvalue weighted by Crippen LogP contribution is -2.30. The van der Waals surface area contributed by atoms with Crippen LogP contribution < -0.4 is 25.4 Å². The molecule has 250 valence electrons. The Morgan fingerprint density at radius 1 is 0.780 bits per heavy atom. The molecule has 3 N–H and O–H groups in total. The second-order valence-electron chi connectivity index (χ2n) is 10.9. The van der Waals surface area contributed by atoms with Crippen LogP contribution in [0.3, 0.4) is 0 Å². The molecule has 0 aliphatic carbocycles. The van der Waals surface area contributed by atoms with Crippen molar-refractivity contribution in [2.24, 2.45) is 0 Å². The van der Waals surface area contributed by atoms with E-state index in [2.05, 4.69) is 20.9 Å². The molecule has 50 heavy (non-hydrogen) atoms. The number of methoxy groups -OCH3 is 2. The number of ether oxygens (including phenoxy) is 2. The first-order chi connectivity index (χ1) is 24.4. The number of nitrogens with zero attached hydrogens (tertiary/aromatic N) is 1. The lowest BCUT2D eigenvalue weighted by Gasteiger charge is -2.17. The first-order valence-electron chi connectivity index (χ1n) is 15.5. The molecule has 0 saturated heterocycles. The molecule has 0 spiro atoms. The predicted molar refractivity (Wildman–Crippen MR) is 200 cm³/mol. The summed E-state index contributed by atoms with van der Waals surface area (Å²) in [6.07, 6.45) is 1.57. The first kappa shape index (κ1) is 34.0. The van der Waals surface area contributed by atoms with Crippen molar-refractivity contribution in [3.8, 4) is 11.5 Å². The number of rotatable bonds is 12. The number of aromatic nitrogens is 1. The van der Waals surface area contributed by atoms with Crippen LogP contribution in [0.2, 0.25) is 0 Å². The van der Waals surface area contributed by atoms with E-state index in [1.54, 1.807) is 67.8 Å². The van der Waals surface area contributed by atoms with E-state index in [0.29, 0.717) is 33.4 Å². The molecule has 1 heterocycles. The fraction of sp³-hybridized carbons (Fsp3) is 0.0769. The average molecular weight is 701 g/mol. The van der Waals surface area contributed by atoms with Gasteiger partial charge in [0.1, 0.15) is 22.4 Å². The number of nitrogens with one attached hydrogen (secondary N) is 3. The van der Waals surface area contributed by atoms with Gasteiger partial charge in [-0.05, 0) is 66.2 Å². The minimum atomic E-state index is -0.630. The summed E-state index contributed by atoms with van der Waals surface area (Å²) in [4.78, 5) is 46.0. The van der Waals surface area contributed by atoms with Gasteiger partial charge in [-0.15, -0.1) is 11.8 Å². The third kappa shape index (κ3) is 8.38. The quantitative estimate of drug-likeness (QED) is 0.0870. The molecule has 3 amide bonds. The van der Waals surface area contributed by atoms with Gasteiger partial charge in [-0.3, -0.25) is 14.4 Å². The highest BCUT2D eigenvalue weighted by Crippen LogP contribution is 2.38. The van der Waals surface area contributed by atoms with Crippen LogP contribution in [0.15, 0.2) is 138 Å². The fourth-order valence-electron chi connectivity index (χ4n) is 5.02. The highest BCUT2D eigenvalue weighted by molar-refractivity contribution is 8.00. The number of carbonyl (C=O) groups excluding carboxylic acids is 3. The molecule has 0 aliphatic rings. The smallest absolute Gasteiger partial charge is 0.272 e. The lowest BCUT2D eigenvalue weighted by molar-refractivity contribution is -0.116. The second-order valence-corrected chi connectivity index (χ2v) is 13.1. The summed E-state index contributed by atoms with van der Waals surface area (Å²) in [6, 6.07) is 38.1. The Labute approximate surface area is 297 Å². The van der Waals surface area contributed by atoms with E-state index >= 15 is 0 Å². The van der Waals surface area contributed by atoms with Crippen molar-refractivity contribution >= 4 is 67.9 Å². The molecule has 1 aromatic heterocycles. The molecule has 0 bridgehead atoms. The Bertz CT molecular complexity index is 2170. The minimum absolute atomic E-state index is 0.0244. The van der Waals surface area contributed by atoms with Crippen LogP contribution in [0.4, 0.5) is 10.8 Å². The summed E-state index contributed by atoms with van der Waals surface area (Å²) in [5.74, 6) is 0.0420. The third-order valence-electron chi connectivity index (χ3n) is 7.48. The van der Waals surface area contributed by atoms with Crippen molar-refractivity contribution in [3.63, 3.8) is 0 Å². The normalized spacial score (nSPS) is 11.8. The van der Waals surface area contributed by atoms with Crippen LogP contribution in [-0.4, -0.2) is 36.9 Å². The summed E-state index contributed by atoms with van der Waals surface area (Å²) < 4.78 is 11.7. The second kappa shape index (κ2) is 16.0. The molecule has 9 nitrogen and oxygen atoms in total. The molecule has 0 radical (unpaired) electrons. The zero-order chi connectivity index (χ0) is 34.9. The number of thioether (sulfide) groups is 1. The van der Waals surface area contributed by atoms with Gasteiger partial charge in [0.2, 0.25) is 5.91 Å². The molecule has 1 unspecified atom stereocenters. The van der Waals surface area contributed by atoms with Gasteiger partial charge in [0, 0.05) is 21.7 Å². The van der Waals surface area contributed by atoms with E-state index in [-0.39, 0.29) is 11.6 Å². The van der Waals surface area contributed by atoms with Crippen LogP contribution in [0.25, 0.3) is 16.3 Å². The van der Waals surface area contributed by atoms with Gasteiger partial charge in [0.25, 0.3) is 11.8 Å². The van der Waals surface area contributed by atoms with Crippen LogP contribution in [-0.2, 0) is 9.59 Å². The summed E-state index contributed by atoms with van der Waals surface area (Å²) in [5.41, 5.74) is 3.08. The van der Waals surface area contributed by atoms with E-state index in [1.807, 2.05) is 72.8 Å². The Morgan fingerprint density at radius 3 is 2.28 bits per heavy atom. The van der Waals surface area contributed by atoms with Crippen LogP contribution >= 0.6 is 23.1 Å². The minimum Gasteiger partial charge on any atom is -0.497 e. The Kier molecular flexibility index (Phi) is 10.9. The van der Waals surface area contributed by atoms with E-state index in [0.717, 1.165) is 20.7 Å². The van der Waals surface area contributed by atoms with Gasteiger partial charge in [-0.25, -0.2) is 4.98 Å². The standard InChI is InChI=1S/C39H32N4O5S2/c1-47-29-20-21-31-34(24-29)50-39(42-31)43-38(46)35(25-12-5-3-6-13-25)49-30-18-11-17-28(23-30)40-37(45)32(22-27-16-9-10-19-33(27)48-2)41-36(44)26-14-7-4-8-15-26/h3-24,35H,1-2H3,(H,40,45)(H,41,44)(H,42,43,46)/b32-22+. The highest BCUT2D eigenvalue weighted by atomic mass is 32.2. The molecular weight excluding hydrogens is 669 g/mol. The molecule has 0 aliphatic heterocycles. The molecular formula is C39H32N4O5S2. The van der Waals surface area contributed by atoms with Crippen molar-refractivity contribution in [3.05, 3.63) is 150 Å². The average Bonchev–Trinajstić information content (AvgIpc) is 3.56. The number of hydrogen-bond acceptors (Lipinski definition) is 8. The molecule has 5 aromatic carbocycles. The predicted octanol–water partition coefficient (Wildman–Crippen LogP) is 8.20. The topological polar surface area (TPSA) is 119 Å². The zero-order valence-corrected chi connectivity index (χ0v) is 28.7. The van der Waals surface area contributed by atoms with E-state index in [4.69, 9.17) is 9.47 Å². The van der Waals surface area contributed by atoms with E-state index in [1.165, 1.54) is 30.2 Å². The van der Waals surface area contributed by atoms with Crippen molar-refractivity contribution in [2.75, 3.05) is 24.9 Å². The molecule has 6 rings (SSSR count). The monoisotopic (exact) mass is 700 g/mol. The van der Waals surface area contributed by atoms with Gasteiger partial charge in [0.05, 0.1) is 24.4 Å². The summed E-state index contributed by atoms with van der Waals surface area (Å²) in [5, 5.41) is 8.51. The van der Waals surface area contributed by atoms with Gasteiger partial charge >= 0.3 is 0 Å². The maximum atomic E-state index is 13.8. The maximum absolute atomic E-state index is 13.8. The number of benzene rings is 5. The van der Waals surface area contributed by atoms with Crippen LogP contribution in [0.1, 0.15) is 26.7 Å². The SMILES string of the molecule is COc1ccc2nc(NC(=O)C(Sc3cccc(NC(=O)/C(=C\c4ccccc4OC)NC(=O)c4ccccc4)c3)c3ccccc3)sc2c1. The van der Waals surface area contributed by atoms with Crippen LogP contribution in [0, 0.1) is 0 Å². The van der Waals surface area contributed by atoms with E-state index in [9.17, 15) is 14.4 Å². The van der Waals surface area contributed by atoms with Gasteiger partial charge in [-0.2, -0.15) is 0 Å². The first-order valence-corrected chi connectivity index (χ1v) is 17.2. The maximum Gasteiger partial charge on any atom is 0.272 e. The Balaban J connectivity index is 1.24. The zero-order valence-electron chi connectivity index (χ0n) is 27.1. The van der Waals surface area contributed by atoms with Crippen molar-refractivity contribution in [2.45, 2.75) is 10.1 Å². The fourth-order valence-corrected chi connectivity index (χ4v) is 7.00. The molecule has 0 saturated carbocycles. The number of para-hydroxylation sites is 1. The highest BCUT2D eigenvalue weighted by Gasteiger charge is 2.24. The van der Waals surface area contributed by atoms with Crippen LogP contribution in [0.5, 0.6) is 11.5 Å². The molecule has 1 atom stereocenters. The summed E-state index contributed by atoms with van der Waals surface area (Å²) in [6.45, 7) is 0. The largest absolute Gasteiger partial charge is 0.497 e. The Morgan fingerprint density at radius 2 is 1.52 bits per heavy atom. The molecule has 0 fully saturated rings. The third-order valence-corrected chi connectivity index (χ3v) is 9.66. The number of thiazole rings is 1. The summed E-state index contributed by atoms with van der Waals surface area (Å²) in [7, 11) is 3.14. The molecule has 6 aromatic rings. The summed E-state index contributed by atoms with van der Waals surface area (Å²) >= 11 is 2.71. The Hall–Kier alpha value is -5.91. The number of carbonyl (C=O) groups is 3. The van der Waals surface area contributed by atoms with Crippen molar-refractivity contribution < 1.29 is 23.9 Å². The van der Waals surface area contributed by atoms with Gasteiger partial charge in [0.15, 0.2) is 5.13 Å². The van der Waals surface area contributed by atoms with Crippen molar-refractivity contribution in [1.29, 1.82) is 0 Å². The van der Waals surface area contributed by atoms with Gasteiger partial charge in [-0.1, -0.05) is 84.1 Å². The molecule has 11 heteroatoms. The van der Waals surface area contributed by atoms with E-state index < -0.39 is 17.1 Å². The number of anilines is 2. The number of fused-ring (bicyclic) bond motifs is 1. The van der Waals surface area contributed by atoms with Crippen molar-refractivity contribution in [1.82, 2.24) is 10.3 Å².